The zero-order valence-electron chi connectivity index (χ0n) is 6.97. The molecule has 1 aromatic carbocycles. The molecule has 0 spiro atoms. The van der Waals surface area contributed by atoms with Gasteiger partial charge in [0, 0.05) is 11.9 Å². The van der Waals surface area contributed by atoms with Gasteiger partial charge in [0.05, 0.1) is 22.3 Å². The van der Waals surface area contributed by atoms with E-state index in [0.717, 1.165) is 9.79 Å². The summed E-state index contributed by atoms with van der Waals surface area (Å²) in [5, 5.41) is 0. The Balaban J connectivity index is 1.96. The minimum absolute atomic E-state index is 0.554. The van der Waals surface area contributed by atoms with Crippen LogP contribution in [0.4, 0.5) is 0 Å². The quantitative estimate of drug-likeness (QED) is 0.526. The Morgan fingerprint density at radius 2 is 2.15 bits per heavy atom. The van der Waals surface area contributed by atoms with E-state index in [1.54, 1.807) is 11.9 Å². The third-order valence-electron chi connectivity index (χ3n) is 2.23. The number of hydrogen-bond acceptors (Lipinski definition) is 3. The Labute approximate surface area is 84.8 Å². The highest BCUT2D eigenvalue weighted by atomic mass is 32.3. The van der Waals surface area contributed by atoms with Gasteiger partial charge in [-0.1, -0.05) is 15.8 Å². The lowest BCUT2D eigenvalue weighted by atomic mass is 10.4. The monoisotopic (exact) mass is 211 g/mol. The number of nitrogens with zero attached hydrogens (tertiary/aromatic N) is 1. The van der Waals surface area contributed by atoms with E-state index >= 15 is 0 Å². The summed E-state index contributed by atoms with van der Waals surface area (Å²) in [4.78, 5) is 2.15. The third-order valence-corrected chi connectivity index (χ3v) is 5.38. The van der Waals surface area contributed by atoms with Crippen molar-refractivity contribution < 1.29 is 4.55 Å². The average molecular weight is 211 g/mol. The lowest BCUT2D eigenvalue weighted by Gasteiger charge is -2.12. The lowest BCUT2D eigenvalue weighted by molar-refractivity contribution is 0.543. The molecule has 0 saturated heterocycles. The molecule has 0 amide bonds. The van der Waals surface area contributed by atoms with Gasteiger partial charge in [-0.2, -0.15) is 0 Å². The topological polar surface area (TPSA) is 26.3 Å². The van der Waals surface area contributed by atoms with Gasteiger partial charge in [-0.05, 0) is 25.0 Å². The van der Waals surface area contributed by atoms with Gasteiger partial charge in [-0.3, -0.25) is 0 Å². The van der Waals surface area contributed by atoms with Crippen molar-refractivity contribution in [2.75, 3.05) is 0 Å². The number of rotatable bonds is 1. The summed E-state index contributed by atoms with van der Waals surface area (Å²) in [7, 11) is 0. The van der Waals surface area contributed by atoms with Crippen LogP contribution in [-0.4, -0.2) is 14.3 Å². The highest BCUT2D eigenvalue weighted by Gasteiger charge is 2.44. The molecule has 1 atom stereocenters. The number of fused-ring (bicyclic) bond motifs is 1. The smallest absolute Gasteiger partial charge is 0.190 e. The molecule has 68 valence electrons. The fourth-order valence-corrected chi connectivity index (χ4v) is 4.43. The summed E-state index contributed by atoms with van der Waals surface area (Å²) in [6.07, 6.45) is 2.40. The van der Waals surface area contributed by atoms with Crippen molar-refractivity contribution >= 4 is 23.3 Å². The minimum Gasteiger partial charge on any atom is -0.592 e. The fourth-order valence-electron chi connectivity index (χ4n) is 1.39. The van der Waals surface area contributed by atoms with Crippen molar-refractivity contribution in [3.05, 3.63) is 24.3 Å². The zero-order valence-corrected chi connectivity index (χ0v) is 8.61. The largest absolute Gasteiger partial charge is 0.592 e. The van der Waals surface area contributed by atoms with Crippen molar-refractivity contribution in [3.8, 4) is 0 Å². The first-order valence-electron chi connectivity index (χ1n) is 4.34. The first-order chi connectivity index (χ1) is 6.36. The molecule has 1 aliphatic carbocycles. The van der Waals surface area contributed by atoms with Crippen LogP contribution in [0.2, 0.25) is 0 Å². The average Bonchev–Trinajstić information content (AvgIpc) is 2.94. The first-order valence-corrected chi connectivity index (χ1v) is 6.22. The van der Waals surface area contributed by atoms with E-state index in [1.807, 2.05) is 28.0 Å². The maximum atomic E-state index is 11.9. The van der Waals surface area contributed by atoms with Crippen molar-refractivity contribution in [1.29, 1.82) is 0 Å². The van der Waals surface area contributed by atoms with Gasteiger partial charge in [-0.25, -0.2) is 0 Å². The Morgan fingerprint density at radius 3 is 2.85 bits per heavy atom. The first kappa shape index (κ1) is 8.17. The Hall–Kier alpha value is -0.160. The van der Waals surface area contributed by atoms with Gasteiger partial charge >= 0.3 is 0 Å². The van der Waals surface area contributed by atoms with Crippen molar-refractivity contribution in [2.24, 2.45) is 0 Å². The molecule has 3 rings (SSSR count). The van der Waals surface area contributed by atoms with Crippen LogP contribution in [-0.2, 0) is 11.4 Å². The summed E-state index contributed by atoms with van der Waals surface area (Å²) in [6, 6.07) is 8.51. The van der Waals surface area contributed by atoms with Crippen LogP contribution in [0.3, 0.4) is 0 Å². The van der Waals surface area contributed by atoms with E-state index in [0.29, 0.717) is 6.04 Å². The molecule has 1 aromatic rings. The highest BCUT2D eigenvalue weighted by molar-refractivity contribution is 8.11. The highest BCUT2D eigenvalue weighted by Crippen LogP contribution is 2.47. The van der Waals surface area contributed by atoms with Gasteiger partial charge in [0.25, 0.3) is 0 Å². The second kappa shape index (κ2) is 2.92. The molecule has 0 aromatic heterocycles. The van der Waals surface area contributed by atoms with E-state index in [2.05, 4.69) is 0 Å². The molecule has 1 heterocycles. The maximum absolute atomic E-state index is 11.9. The zero-order chi connectivity index (χ0) is 8.84. The molecule has 0 N–H and O–H groups in total. The Morgan fingerprint density at radius 1 is 1.38 bits per heavy atom. The fraction of sp³-hybridized carbons (Fsp3) is 0.333. The Bertz CT molecular complexity index is 340. The van der Waals surface area contributed by atoms with E-state index in [-0.39, 0.29) is 0 Å². The lowest BCUT2D eigenvalue weighted by Crippen LogP contribution is -2.21. The summed E-state index contributed by atoms with van der Waals surface area (Å²) in [5.41, 5.74) is 0. The second-order valence-corrected chi connectivity index (χ2v) is 5.88. The van der Waals surface area contributed by atoms with Crippen LogP contribution >= 0.6 is 11.9 Å². The SMILES string of the molecule is [O-][S+]1c2ccccc2SN1C1CC1. The van der Waals surface area contributed by atoms with E-state index < -0.39 is 11.4 Å². The standard InChI is InChI=1S/C9H9NOS2/c11-13-9-4-2-1-3-8(9)12-10(13)7-5-6-7/h1-4,7H,5-6H2. The van der Waals surface area contributed by atoms with E-state index in [4.69, 9.17) is 0 Å². The summed E-state index contributed by atoms with van der Waals surface area (Å²) < 4.78 is 13.9. The molecule has 2 nitrogen and oxygen atoms in total. The van der Waals surface area contributed by atoms with Crippen molar-refractivity contribution in [2.45, 2.75) is 28.7 Å². The number of hydrogen-bond donors (Lipinski definition) is 0. The van der Waals surface area contributed by atoms with E-state index in [9.17, 15) is 4.55 Å². The van der Waals surface area contributed by atoms with Crippen LogP contribution < -0.4 is 0 Å². The number of benzene rings is 1. The van der Waals surface area contributed by atoms with Gasteiger partial charge in [0.1, 0.15) is 0 Å². The minimum atomic E-state index is -0.907. The predicted molar refractivity (Wildman–Crippen MR) is 53.6 cm³/mol. The molecule has 4 heteroatoms. The maximum Gasteiger partial charge on any atom is 0.190 e. The molecule has 1 aliphatic heterocycles. The second-order valence-electron chi connectivity index (χ2n) is 3.30. The van der Waals surface area contributed by atoms with Gasteiger partial charge < -0.3 is 4.55 Å². The molecule has 1 saturated carbocycles. The van der Waals surface area contributed by atoms with Crippen LogP contribution in [0.1, 0.15) is 12.8 Å². The van der Waals surface area contributed by atoms with Gasteiger partial charge in [0.2, 0.25) is 0 Å². The predicted octanol–water partition coefficient (Wildman–Crippen LogP) is 2.19. The summed E-state index contributed by atoms with van der Waals surface area (Å²) in [5.74, 6) is 0. The molecule has 0 bridgehead atoms. The molecule has 13 heavy (non-hydrogen) atoms. The van der Waals surface area contributed by atoms with Crippen LogP contribution in [0.25, 0.3) is 0 Å². The van der Waals surface area contributed by atoms with Crippen LogP contribution in [0.5, 0.6) is 0 Å². The van der Waals surface area contributed by atoms with Crippen LogP contribution in [0.15, 0.2) is 34.1 Å². The van der Waals surface area contributed by atoms with Crippen molar-refractivity contribution in [3.63, 3.8) is 0 Å². The molecule has 1 fully saturated rings. The molecule has 2 aliphatic rings. The van der Waals surface area contributed by atoms with Gasteiger partial charge in [0.15, 0.2) is 4.90 Å². The molecule has 1 unspecified atom stereocenters. The summed E-state index contributed by atoms with van der Waals surface area (Å²) in [6.45, 7) is 0. The summed E-state index contributed by atoms with van der Waals surface area (Å²) >= 11 is 0.741. The third kappa shape index (κ3) is 1.29. The van der Waals surface area contributed by atoms with Gasteiger partial charge in [-0.15, -0.1) is 0 Å². The molecule has 0 radical (unpaired) electrons. The molecular weight excluding hydrogens is 202 g/mol. The van der Waals surface area contributed by atoms with Crippen molar-refractivity contribution in [1.82, 2.24) is 3.71 Å². The Kier molecular flexibility index (Phi) is 1.83. The molecular formula is C9H9NOS2. The van der Waals surface area contributed by atoms with Crippen LogP contribution in [0, 0.1) is 0 Å². The normalized spacial score (nSPS) is 27.6. The van der Waals surface area contributed by atoms with E-state index in [1.165, 1.54) is 12.8 Å².